The fourth-order valence-electron chi connectivity index (χ4n) is 2.56. The number of aliphatic carboxylic acids is 1. The van der Waals surface area contributed by atoms with E-state index in [0.717, 1.165) is 10.8 Å². The number of carbonyl (C=O) groups is 2. The van der Waals surface area contributed by atoms with Gasteiger partial charge in [-0.1, -0.05) is 24.3 Å². The molecule has 0 saturated heterocycles. The third-order valence-electron chi connectivity index (χ3n) is 3.78. The molecule has 122 valence electrons. The number of H-pyrrole nitrogens is 1. The molecule has 0 unspecified atom stereocenters. The van der Waals surface area contributed by atoms with Gasteiger partial charge in [0, 0.05) is 27.6 Å². The molecular formula is C17H14N2O4S. The quantitative estimate of drug-likeness (QED) is 0.429. The number of hydrogen-bond acceptors (Lipinski definition) is 4. The van der Waals surface area contributed by atoms with Gasteiger partial charge in [0.1, 0.15) is 6.04 Å². The highest BCUT2D eigenvalue weighted by atomic mass is 32.1. The lowest BCUT2D eigenvalue weighted by atomic mass is 10.0. The summed E-state index contributed by atoms with van der Waals surface area (Å²) in [6.45, 7) is 0. The Labute approximate surface area is 141 Å². The van der Waals surface area contributed by atoms with Gasteiger partial charge in [0.25, 0.3) is 11.5 Å². The topological polar surface area (TPSA) is 99.3 Å². The maximum atomic E-state index is 12.2. The first-order valence-corrected chi connectivity index (χ1v) is 7.84. The van der Waals surface area contributed by atoms with E-state index in [-0.39, 0.29) is 16.9 Å². The van der Waals surface area contributed by atoms with Crippen LogP contribution in [-0.2, 0) is 4.79 Å². The summed E-state index contributed by atoms with van der Waals surface area (Å²) in [5.41, 5.74) is 0.542. The van der Waals surface area contributed by atoms with Crippen LogP contribution in [0.5, 0.6) is 0 Å². The van der Waals surface area contributed by atoms with Gasteiger partial charge in [0.05, 0.1) is 0 Å². The molecule has 1 aromatic heterocycles. The minimum Gasteiger partial charge on any atom is -0.480 e. The minimum absolute atomic E-state index is 0.0177. The standard InChI is InChI=1S/C17H14N2O4S/c20-15(19-14(8-24)17(22)23)9-5-6-11-10-3-1-2-4-12(10)16(21)18-13(11)7-9/h1-7,14,24H,8H2,(H,18,21)(H,19,20)(H,22,23)/t14-/m1/s1. The number of aromatic amines is 1. The number of amides is 1. The Balaban J connectivity index is 2.06. The van der Waals surface area contributed by atoms with Crippen LogP contribution >= 0.6 is 12.6 Å². The van der Waals surface area contributed by atoms with Gasteiger partial charge in [-0.25, -0.2) is 4.79 Å². The van der Waals surface area contributed by atoms with Crippen molar-refractivity contribution in [3.63, 3.8) is 0 Å². The van der Waals surface area contributed by atoms with Crippen LogP contribution in [0.2, 0.25) is 0 Å². The van der Waals surface area contributed by atoms with E-state index in [1.165, 1.54) is 6.07 Å². The average molecular weight is 342 g/mol. The van der Waals surface area contributed by atoms with Crippen molar-refractivity contribution < 1.29 is 14.7 Å². The Kier molecular flexibility index (Phi) is 4.26. The predicted molar refractivity (Wildman–Crippen MR) is 94.8 cm³/mol. The Morgan fingerprint density at radius 1 is 1.12 bits per heavy atom. The zero-order valence-corrected chi connectivity index (χ0v) is 13.3. The summed E-state index contributed by atoms with van der Waals surface area (Å²) in [7, 11) is 0. The molecule has 7 heteroatoms. The highest BCUT2D eigenvalue weighted by molar-refractivity contribution is 7.80. The average Bonchev–Trinajstić information content (AvgIpc) is 2.59. The molecule has 0 radical (unpaired) electrons. The largest absolute Gasteiger partial charge is 0.480 e. The van der Waals surface area contributed by atoms with Gasteiger partial charge >= 0.3 is 5.97 Å². The van der Waals surface area contributed by atoms with Gasteiger partial charge in [0.2, 0.25) is 0 Å². The number of pyridine rings is 1. The van der Waals surface area contributed by atoms with Crippen LogP contribution in [0, 0.1) is 0 Å². The van der Waals surface area contributed by atoms with Crippen LogP contribution in [0.15, 0.2) is 47.3 Å². The number of nitrogens with one attached hydrogen (secondary N) is 2. The van der Waals surface area contributed by atoms with E-state index in [1.54, 1.807) is 24.3 Å². The lowest BCUT2D eigenvalue weighted by Crippen LogP contribution is -2.42. The third-order valence-corrected chi connectivity index (χ3v) is 4.14. The van der Waals surface area contributed by atoms with Gasteiger partial charge < -0.3 is 15.4 Å². The minimum atomic E-state index is -1.15. The van der Waals surface area contributed by atoms with Gasteiger partial charge in [-0.05, 0) is 23.6 Å². The number of carboxylic acid groups (broad SMARTS) is 1. The molecule has 2 aromatic carbocycles. The SMILES string of the molecule is O=C(N[C@H](CS)C(=O)O)c1ccc2c(c1)[nH]c(=O)c1ccccc12. The van der Waals surface area contributed by atoms with Crippen molar-refractivity contribution >= 4 is 46.2 Å². The van der Waals surface area contributed by atoms with E-state index >= 15 is 0 Å². The zero-order valence-electron chi connectivity index (χ0n) is 12.4. The van der Waals surface area contributed by atoms with E-state index < -0.39 is 17.9 Å². The van der Waals surface area contributed by atoms with E-state index in [1.807, 2.05) is 12.1 Å². The van der Waals surface area contributed by atoms with Crippen LogP contribution in [-0.4, -0.2) is 33.8 Å². The molecule has 1 amide bonds. The molecule has 0 aliphatic rings. The van der Waals surface area contributed by atoms with Gasteiger partial charge in [0.15, 0.2) is 0 Å². The Morgan fingerprint density at radius 2 is 1.83 bits per heavy atom. The second-order valence-corrected chi connectivity index (χ2v) is 5.67. The molecule has 24 heavy (non-hydrogen) atoms. The van der Waals surface area contributed by atoms with Crippen LogP contribution < -0.4 is 10.9 Å². The maximum absolute atomic E-state index is 12.2. The van der Waals surface area contributed by atoms with E-state index in [0.29, 0.717) is 10.9 Å². The first-order valence-electron chi connectivity index (χ1n) is 7.20. The zero-order chi connectivity index (χ0) is 17.3. The normalized spacial score (nSPS) is 12.2. The van der Waals surface area contributed by atoms with Crippen LogP contribution in [0.1, 0.15) is 10.4 Å². The van der Waals surface area contributed by atoms with Crippen LogP contribution in [0.25, 0.3) is 21.7 Å². The molecule has 0 saturated carbocycles. The molecular weight excluding hydrogens is 328 g/mol. The summed E-state index contributed by atoms with van der Waals surface area (Å²) in [5.74, 6) is -1.71. The molecule has 0 aliphatic heterocycles. The first kappa shape index (κ1) is 16.1. The molecule has 1 atom stereocenters. The number of benzene rings is 2. The molecule has 0 bridgehead atoms. The van der Waals surface area contributed by atoms with Gasteiger partial charge in [-0.15, -0.1) is 0 Å². The van der Waals surface area contributed by atoms with E-state index in [4.69, 9.17) is 5.11 Å². The summed E-state index contributed by atoms with van der Waals surface area (Å²) >= 11 is 3.91. The number of rotatable bonds is 4. The molecule has 3 aromatic rings. The molecule has 6 nitrogen and oxygen atoms in total. The Morgan fingerprint density at radius 3 is 2.50 bits per heavy atom. The molecule has 3 rings (SSSR count). The smallest absolute Gasteiger partial charge is 0.327 e. The second-order valence-electron chi connectivity index (χ2n) is 5.31. The van der Waals surface area contributed by atoms with Crippen LogP contribution in [0.4, 0.5) is 0 Å². The van der Waals surface area contributed by atoms with Crippen molar-refractivity contribution in [2.45, 2.75) is 6.04 Å². The van der Waals surface area contributed by atoms with Crippen molar-refractivity contribution in [2.24, 2.45) is 0 Å². The summed E-state index contributed by atoms with van der Waals surface area (Å²) in [6.07, 6.45) is 0. The predicted octanol–water partition coefficient (Wildman–Crippen LogP) is 1.79. The number of aromatic nitrogens is 1. The molecule has 3 N–H and O–H groups in total. The molecule has 0 aliphatic carbocycles. The number of carbonyl (C=O) groups excluding carboxylic acids is 1. The fourth-order valence-corrected chi connectivity index (χ4v) is 2.80. The number of carboxylic acids is 1. The number of fused-ring (bicyclic) bond motifs is 3. The highest BCUT2D eigenvalue weighted by Gasteiger charge is 2.19. The first-order chi connectivity index (χ1) is 11.5. The maximum Gasteiger partial charge on any atom is 0.327 e. The Hall–Kier alpha value is -2.80. The van der Waals surface area contributed by atoms with Crippen molar-refractivity contribution in [3.05, 3.63) is 58.4 Å². The highest BCUT2D eigenvalue weighted by Crippen LogP contribution is 2.22. The second kappa shape index (κ2) is 6.37. The molecule has 1 heterocycles. The van der Waals surface area contributed by atoms with Crippen molar-refractivity contribution in [1.29, 1.82) is 0 Å². The lowest BCUT2D eigenvalue weighted by Gasteiger charge is -2.12. The van der Waals surface area contributed by atoms with Gasteiger partial charge in [-0.3, -0.25) is 9.59 Å². The van der Waals surface area contributed by atoms with Crippen molar-refractivity contribution in [3.8, 4) is 0 Å². The monoisotopic (exact) mass is 342 g/mol. The Bertz CT molecular complexity index is 1010. The number of thiol groups is 1. The lowest BCUT2D eigenvalue weighted by molar-refractivity contribution is -0.138. The number of hydrogen-bond donors (Lipinski definition) is 4. The molecule has 0 spiro atoms. The van der Waals surface area contributed by atoms with Crippen molar-refractivity contribution in [1.82, 2.24) is 10.3 Å². The van der Waals surface area contributed by atoms with E-state index in [2.05, 4.69) is 22.9 Å². The van der Waals surface area contributed by atoms with Crippen LogP contribution in [0.3, 0.4) is 0 Å². The van der Waals surface area contributed by atoms with E-state index in [9.17, 15) is 14.4 Å². The van der Waals surface area contributed by atoms with Gasteiger partial charge in [-0.2, -0.15) is 12.6 Å². The fraction of sp³-hybridized carbons (Fsp3) is 0.118. The summed E-state index contributed by atoms with van der Waals surface area (Å²) in [5, 5.41) is 13.6. The molecule has 0 fully saturated rings. The summed E-state index contributed by atoms with van der Waals surface area (Å²) in [4.78, 5) is 38.1. The summed E-state index contributed by atoms with van der Waals surface area (Å²) < 4.78 is 0. The van der Waals surface area contributed by atoms with Crippen molar-refractivity contribution in [2.75, 3.05) is 5.75 Å². The summed E-state index contributed by atoms with van der Waals surface area (Å²) in [6, 6.07) is 11.0. The third kappa shape index (κ3) is 2.85.